The van der Waals surface area contributed by atoms with Crippen LogP contribution in [-0.4, -0.2) is 10.9 Å². The van der Waals surface area contributed by atoms with Crippen molar-refractivity contribution in [3.8, 4) is 0 Å². The SMILES string of the molecule is Nc1ncc(C(=O)Nc2c(Cl)cc(Br)cc2Cl)cc1Cl. The fraction of sp³-hybridized carbons (Fsp3) is 0. The van der Waals surface area contributed by atoms with E-state index in [2.05, 4.69) is 26.2 Å². The molecule has 0 radical (unpaired) electrons. The predicted molar refractivity (Wildman–Crippen MR) is 85.8 cm³/mol. The van der Waals surface area contributed by atoms with Crippen molar-refractivity contribution in [1.82, 2.24) is 4.98 Å². The Kier molecular flexibility index (Phi) is 4.75. The molecule has 0 bridgehead atoms. The second-order valence-corrected chi connectivity index (χ2v) is 5.93. The van der Waals surface area contributed by atoms with Crippen molar-refractivity contribution in [2.75, 3.05) is 11.1 Å². The van der Waals surface area contributed by atoms with Crippen LogP contribution >= 0.6 is 50.7 Å². The van der Waals surface area contributed by atoms with Crippen LogP contribution in [0, 0.1) is 0 Å². The lowest BCUT2D eigenvalue weighted by Gasteiger charge is -2.10. The normalized spacial score (nSPS) is 10.4. The lowest BCUT2D eigenvalue weighted by Crippen LogP contribution is -2.13. The van der Waals surface area contributed by atoms with Crippen molar-refractivity contribution >= 4 is 68.1 Å². The number of anilines is 2. The Morgan fingerprint density at radius 3 is 2.30 bits per heavy atom. The maximum atomic E-state index is 12.1. The number of rotatable bonds is 2. The first-order valence-electron chi connectivity index (χ1n) is 5.25. The lowest BCUT2D eigenvalue weighted by atomic mass is 10.2. The number of hydrogen-bond donors (Lipinski definition) is 2. The third-order valence-corrected chi connectivity index (χ3v) is 3.73. The van der Waals surface area contributed by atoms with Crippen LogP contribution in [0.2, 0.25) is 15.1 Å². The van der Waals surface area contributed by atoms with E-state index < -0.39 is 5.91 Å². The van der Waals surface area contributed by atoms with Gasteiger partial charge in [-0.05, 0) is 18.2 Å². The van der Waals surface area contributed by atoms with Gasteiger partial charge < -0.3 is 11.1 Å². The molecule has 0 spiro atoms. The number of aromatic nitrogens is 1. The van der Waals surface area contributed by atoms with Gasteiger partial charge >= 0.3 is 0 Å². The first-order valence-corrected chi connectivity index (χ1v) is 7.18. The molecule has 3 N–H and O–H groups in total. The number of nitrogens with zero attached hydrogens (tertiary/aromatic N) is 1. The Balaban J connectivity index is 2.30. The molecule has 1 aromatic carbocycles. The van der Waals surface area contributed by atoms with Crippen molar-refractivity contribution in [3.05, 3.63) is 49.5 Å². The van der Waals surface area contributed by atoms with Gasteiger partial charge in [-0.2, -0.15) is 0 Å². The predicted octanol–water partition coefficient (Wildman–Crippen LogP) is 4.64. The van der Waals surface area contributed by atoms with E-state index in [0.717, 1.165) is 0 Å². The third-order valence-electron chi connectivity index (χ3n) is 2.38. The summed E-state index contributed by atoms with van der Waals surface area (Å²) in [5.41, 5.74) is 6.05. The van der Waals surface area contributed by atoms with Crippen LogP contribution in [0.1, 0.15) is 10.4 Å². The number of nitrogens with one attached hydrogen (secondary N) is 1. The average Bonchev–Trinajstić information content (AvgIpc) is 2.36. The van der Waals surface area contributed by atoms with E-state index in [0.29, 0.717) is 20.2 Å². The molecule has 0 aliphatic rings. The summed E-state index contributed by atoms with van der Waals surface area (Å²) < 4.78 is 0.711. The third kappa shape index (κ3) is 3.35. The molecule has 1 aromatic heterocycles. The molecule has 2 rings (SSSR count). The summed E-state index contributed by atoms with van der Waals surface area (Å²) in [4.78, 5) is 15.9. The molecule has 20 heavy (non-hydrogen) atoms. The van der Waals surface area contributed by atoms with Gasteiger partial charge in [0.05, 0.1) is 26.3 Å². The van der Waals surface area contributed by atoms with E-state index in [1.54, 1.807) is 12.1 Å². The molecule has 2 aromatic rings. The maximum Gasteiger partial charge on any atom is 0.257 e. The smallest absolute Gasteiger partial charge is 0.257 e. The first-order chi connectivity index (χ1) is 9.38. The average molecular weight is 395 g/mol. The molecule has 0 atom stereocenters. The zero-order chi connectivity index (χ0) is 14.9. The fourth-order valence-corrected chi connectivity index (χ4v) is 2.89. The topological polar surface area (TPSA) is 68.0 Å². The summed E-state index contributed by atoms with van der Waals surface area (Å²) in [6, 6.07) is 4.66. The van der Waals surface area contributed by atoms with Gasteiger partial charge in [0, 0.05) is 10.7 Å². The number of hydrogen-bond acceptors (Lipinski definition) is 3. The number of nitrogens with two attached hydrogens (primary N) is 1. The highest BCUT2D eigenvalue weighted by Gasteiger charge is 2.14. The van der Waals surface area contributed by atoms with Crippen molar-refractivity contribution in [3.63, 3.8) is 0 Å². The highest BCUT2D eigenvalue weighted by atomic mass is 79.9. The monoisotopic (exact) mass is 393 g/mol. The van der Waals surface area contributed by atoms with Crippen molar-refractivity contribution in [2.45, 2.75) is 0 Å². The summed E-state index contributed by atoms with van der Waals surface area (Å²) in [5.74, 6) is -0.284. The molecule has 0 saturated carbocycles. The Morgan fingerprint density at radius 1 is 1.15 bits per heavy atom. The van der Waals surface area contributed by atoms with E-state index in [-0.39, 0.29) is 16.4 Å². The minimum atomic E-state index is -0.439. The Labute approximate surface area is 138 Å². The molecule has 4 nitrogen and oxygen atoms in total. The number of carbonyl (C=O) groups excluding carboxylic acids is 1. The van der Waals surface area contributed by atoms with E-state index >= 15 is 0 Å². The molecule has 0 aliphatic carbocycles. The Bertz CT molecular complexity index is 671. The number of nitrogen functional groups attached to an aromatic ring is 1. The number of amides is 1. The zero-order valence-electron chi connectivity index (χ0n) is 9.75. The van der Waals surface area contributed by atoms with Gasteiger partial charge in [-0.1, -0.05) is 50.7 Å². The molecule has 1 amide bonds. The van der Waals surface area contributed by atoms with Gasteiger partial charge in [-0.25, -0.2) is 4.98 Å². The summed E-state index contributed by atoms with van der Waals surface area (Å²) in [6.45, 7) is 0. The van der Waals surface area contributed by atoms with Gasteiger partial charge in [-0.15, -0.1) is 0 Å². The second-order valence-electron chi connectivity index (χ2n) is 3.79. The second kappa shape index (κ2) is 6.18. The van der Waals surface area contributed by atoms with E-state index in [1.165, 1.54) is 12.3 Å². The summed E-state index contributed by atoms with van der Waals surface area (Å²) in [7, 11) is 0. The largest absolute Gasteiger partial charge is 0.382 e. The van der Waals surface area contributed by atoms with Gasteiger partial charge in [0.2, 0.25) is 0 Å². The zero-order valence-corrected chi connectivity index (χ0v) is 13.6. The molecule has 1 heterocycles. The molecule has 104 valence electrons. The molecular formula is C12H7BrCl3N3O. The number of benzene rings is 1. The van der Waals surface area contributed by atoms with Crippen LogP contribution in [0.25, 0.3) is 0 Å². The summed E-state index contributed by atoms with van der Waals surface area (Å²) in [5, 5.41) is 3.43. The summed E-state index contributed by atoms with van der Waals surface area (Å²) >= 11 is 21.1. The maximum absolute atomic E-state index is 12.1. The molecule has 0 aliphatic heterocycles. The van der Waals surface area contributed by atoms with Gasteiger partial charge in [0.15, 0.2) is 0 Å². The quantitative estimate of drug-likeness (QED) is 0.778. The molecule has 0 fully saturated rings. The van der Waals surface area contributed by atoms with Crippen molar-refractivity contribution < 1.29 is 4.79 Å². The van der Waals surface area contributed by atoms with Gasteiger partial charge in [0.1, 0.15) is 5.82 Å². The fourth-order valence-electron chi connectivity index (χ4n) is 1.42. The standard InChI is InChI=1S/C12H7BrCl3N3O/c13-6-2-7(14)10(8(15)3-6)19-12(20)5-1-9(16)11(17)18-4-5/h1-4H,(H2,17,18)(H,19,20). The highest BCUT2D eigenvalue weighted by Crippen LogP contribution is 2.34. The van der Waals surface area contributed by atoms with Crippen LogP contribution in [0.5, 0.6) is 0 Å². The van der Waals surface area contributed by atoms with E-state index in [1.807, 2.05) is 0 Å². The number of halogens is 4. The van der Waals surface area contributed by atoms with Crippen molar-refractivity contribution in [1.29, 1.82) is 0 Å². The summed E-state index contributed by atoms with van der Waals surface area (Å²) in [6.07, 6.45) is 1.32. The molecule has 8 heteroatoms. The first kappa shape index (κ1) is 15.4. The van der Waals surface area contributed by atoms with Crippen LogP contribution in [0.4, 0.5) is 11.5 Å². The number of carbonyl (C=O) groups is 1. The van der Waals surface area contributed by atoms with Gasteiger partial charge in [0.25, 0.3) is 5.91 Å². The molecular weight excluding hydrogens is 388 g/mol. The van der Waals surface area contributed by atoms with Crippen LogP contribution < -0.4 is 11.1 Å². The lowest BCUT2D eigenvalue weighted by molar-refractivity contribution is 0.102. The van der Waals surface area contributed by atoms with Crippen molar-refractivity contribution in [2.24, 2.45) is 0 Å². The van der Waals surface area contributed by atoms with E-state index in [4.69, 9.17) is 40.5 Å². The Morgan fingerprint density at radius 2 is 1.75 bits per heavy atom. The minimum Gasteiger partial charge on any atom is -0.382 e. The van der Waals surface area contributed by atoms with Gasteiger partial charge in [-0.3, -0.25) is 4.79 Å². The van der Waals surface area contributed by atoms with Crippen LogP contribution in [-0.2, 0) is 0 Å². The highest BCUT2D eigenvalue weighted by molar-refractivity contribution is 9.10. The molecule has 0 saturated heterocycles. The van der Waals surface area contributed by atoms with Crippen LogP contribution in [0.3, 0.4) is 0 Å². The van der Waals surface area contributed by atoms with E-state index in [9.17, 15) is 4.79 Å². The Hall–Kier alpha value is -1.01. The minimum absolute atomic E-state index is 0.155. The number of pyridine rings is 1. The molecule has 0 unspecified atom stereocenters. The van der Waals surface area contributed by atoms with Crippen LogP contribution in [0.15, 0.2) is 28.9 Å².